The Hall–Kier alpha value is -7.37. The molecule has 0 bridgehead atoms. The lowest BCUT2D eigenvalue weighted by atomic mass is 10.0. The number of benzene rings is 8. The highest BCUT2D eigenvalue weighted by molar-refractivity contribution is 6.13. The van der Waals surface area contributed by atoms with E-state index in [2.05, 4.69) is 0 Å². The molecule has 0 amide bonds. The number of aromatic nitrogens is 3. The molecule has 0 radical (unpaired) electrons. The third kappa shape index (κ3) is 5.74. The Morgan fingerprint density at radius 1 is 0.444 bits per heavy atom. The molecule has 0 saturated carbocycles. The fraction of sp³-hybridized carbons (Fsp3) is 0. The second-order valence-electron chi connectivity index (χ2n) is 12.7. The summed E-state index contributed by atoms with van der Waals surface area (Å²) in [6, 6.07) is 45.0. The normalized spacial score (nSPS) is 13.1. The Kier molecular flexibility index (Phi) is 6.10. The Morgan fingerprint density at radius 2 is 1.02 bits per heavy atom. The second-order valence-corrected chi connectivity index (χ2v) is 12.7. The van der Waals surface area contributed by atoms with Crippen LogP contribution in [-0.4, -0.2) is 15.0 Å². The van der Waals surface area contributed by atoms with Gasteiger partial charge < -0.3 is 9.32 Å². The highest BCUT2D eigenvalue weighted by Crippen LogP contribution is 2.44. The number of fused-ring (bicyclic) bond motifs is 4. The summed E-state index contributed by atoms with van der Waals surface area (Å²) in [6.07, 6.45) is 0. The van der Waals surface area contributed by atoms with Gasteiger partial charge in [-0.25, -0.2) is 15.0 Å². The third-order valence-corrected chi connectivity index (χ3v) is 9.35. The van der Waals surface area contributed by atoms with E-state index >= 15 is 0 Å². The van der Waals surface area contributed by atoms with E-state index in [4.69, 9.17) is 24.9 Å². The molecule has 0 aliphatic rings. The maximum Gasteiger partial charge on any atom is 0.164 e. The van der Waals surface area contributed by atoms with Crippen molar-refractivity contribution in [1.29, 1.82) is 0 Å². The smallest absolute Gasteiger partial charge is 0.164 e. The van der Waals surface area contributed by atoms with Gasteiger partial charge in [-0.05, 0) is 58.2 Å². The van der Waals surface area contributed by atoms with Crippen LogP contribution in [-0.2, 0) is 0 Å². The number of anilines is 3. The molecule has 0 unspecified atom stereocenters. The molecule has 0 saturated heterocycles. The molecule has 5 heteroatoms. The fourth-order valence-corrected chi connectivity index (χ4v) is 6.80. The van der Waals surface area contributed by atoms with E-state index in [1.165, 1.54) is 0 Å². The van der Waals surface area contributed by atoms with E-state index in [1.54, 1.807) is 4.90 Å². The van der Waals surface area contributed by atoms with Crippen molar-refractivity contribution in [2.75, 3.05) is 4.90 Å². The molecule has 0 aliphatic heterocycles. The van der Waals surface area contributed by atoms with Gasteiger partial charge in [0.1, 0.15) is 11.2 Å². The van der Waals surface area contributed by atoms with Crippen molar-refractivity contribution in [2.45, 2.75) is 0 Å². The van der Waals surface area contributed by atoms with E-state index in [-0.39, 0.29) is 28.5 Å². The number of hydrogen-bond acceptors (Lipinski definition) is 5. The molecule has 254 valence electrons. The summed E-state index contributed by atoms with van der Waals surface area (Å²) in [5.74, 6) is 1.25. The van der Waals surface area contributed by atoms with Gasteiger partial charge in [-0.1, -0.05) is 152 Å². The van der Waals surface area contributed by atoms with Crippen LogP contribution in [0.2, 0.25) is 0 Å². The average Bonchev–Trinajstić information content (AvgIpc) is 3.69. The van der Waals surface area contributed by atoms with Gasteiger partial charge in [-0.2, -0.15) is 0 Å². The van der Waals surface area contributed by atoms with Crippen LogP contribution in [0.3, 0.4) is 0 Å². The zero-order valence-electron chi connectivity index (χ0n) is 35.6. The Morgan fingerprint density at radius 3 is 1.70 bits per heavy atom. The molecule has 0 fully saturated rings. The topological polar surface area (TPSA) is 55.1 Å². The van der Waals surface area contributed by atoms with Crippen LogP contribution in [0, 0.1) is 0 Å². The van der Waals surface area contributed by atoms with Crippen LogP contribution in [0.1, 0.15) is 9.60 Å². The highest BCUT2D eigenvalue weighted by atomic mass is 16.3. The number of para-hydroxylation sites is 1. The highest BCUT2D eigenvalue weighted by Gasteiger charge is 2.22. The minimum Gasteiger partial charge on any atom is -0.456 e. The number of rotatable bonds is 7. The molecular formula is C49H32N4O. The van der Waals surface area contributed by atoms with Crippen LogP contribution >= 0.6 is 0 Å². The van der Waals surface area contributed by atoms with Crippen molar-refractivity contribution in [3.05, 3.63) is 194 Å². The standard InChI is InChI=1S/C49H32N4O/c1-4-14-33(15-5-1)35-24-27-39(28-25-35)53(40-29-26-34-16-10-11-21-38(34)30-40)41-31-43(46-42-22-12-13-23-44(42)54-45(46)32-41)49-51-47(36-17-6-2-7-18-36)50-48(52-49)37-19-8-3-9-20-37/h1-32H/i10D,11D,16D,21D,26D,29D,30D. The Labute approximate surface area is 322 Å². The molecule has 5 nitrogen and oxygen atoms in total. The Bertz CT molecular complexity index is 3270. The van der Waals surface area contributed by atoms with Crippen molar-refractivity contribution in [1.82, 2.24) is 15.0 Å². The van der Waals surface area contributed by atoms with Crippen LogP contribution in [0.4, 0.5) is 17.1 Å². The van der Waals surface area contributed by atoms with E-state index in [9.17, 15) is 4.11 Å². The van der Waals surface area contributed by atoms with Gasteiger partial charge in [0.15, 0.2) is 17.5 Å². The number of furan rings is 1. The maximum atomic E-state index is 9.65. The van der Waals surface area contributed by atoms with E-state index in [0.29, 0.717) is 45.6 Å². The SMILES string of the molecule is [2H]c1c([2H])c([2H])c2c([2H])c(N(c3ccc(-c4ccccc4)cc3)c3cc(-c4nc(-c5ccccc5)nc(-c5ccccc5)n4)c4c(c3)oc3ccccc34)c([2H])c([2H])c2c1[2H]. The van der Waals surface area contributed by atoms with Crippen molar-refractivity contribution in [2.24, 2.45) is 0 Å². The minimum atomic E-state index is -0.534. The van der Waals surface area contributed by atoms with Gasteiger partial charge >= 0.3 is 0 Å². The summed E-state index contributed by atoms with van der Waals surface area (Å²) in [4.78, 5) is 16.8. The third-order valence-electron chi connectivity index (χ3n) is 9.35. The summed E-state index contributed by atoms with van der Waals surface area (Å²) in [5.41, 5.74) is 6.05. The zero-order chi connectivity index (χ0) is 41.9. The van der Waals surface area contributed by atoms with E-state index in [1.807, 2.05) is 152 Å². The van der Waals surface area contributed by atoms with Crippen molar-refractivity contribution in [3.8, 4) is 45.3 Å². The monoisotopic (exact) mass is 699 g/mol. The number of hydrogen-bond donors (Lipinski definition) is 0. The van der Waals surface area contributed by atoms with Crippen molar-refractivity contribution in [3.63, 3.8) is 0 Å². The zero-order valence-corrected chi connectivity index (χ0v) is 28.6. The molecule has 0 spiro atoms. The summed E-state index contributed by atoms with van der Waals surface area (Å²) >= 11 is 0. The van der Waals surface area contributed by atoms with E-state index < -0.39 is 30.2 Å². The minimum absolute atomic E-state index is 0.0537. The lowest BCUT2D eigenvalue weighted by molar-refractivity contribution is 0.669. The molecule has 2 heterocycles. The molecular weight excluding hydrogens is 661 g/mol. The first-order chi connectivity index (χ1) is 29.7. The van der Waals surface area contributed by atoms with Crippen molar-refractivity contribution < 1.29 is 14.0 Å². The van der Waals surface area contributed by atoms with Crippen LogP contribution in [0.25, 0.3) is 78.0 Å². The van der Waals surface area contributed by atoms with Gasteiger partial charge in [-0.3, -0.25) is 0 Å². The van der Waals surface area contributed by atoms with Gasteiger partial charge in [0.25, 0.3) is 0 Å². The predicted molar refractivity (Wildman–Crippen MR) is 221 cm³/mol. The van der Waals surface area contributed by atoms with Crippen LogP contribution in [0.15, 0.2) is 198 Å². The average molecular weight is 700 g/mol. The summed E-state index contributed by atoms with van der Waals surface area (Å²) in [7, 11) is 0. The first kappa shape index (κ1) is 24.8. The van der Waals surface area contributed by atoms with E-state index in [0.717, 1.165) is 33.0 Å². The molecule has 10 rings (SSSR count). The van der Waals surface area contributed by atoms with Crippen LogP contribution in [0.5, 0.6) is 0 Å². The van der Waals surface area contributed by atoms with Crippen molar-refractivity contribution >= 4 is 49.8 Å². The molecule has 8 aromatic carbocycles. The molecule has 10 aromatic rings. The number of nitrogens with zero attached hydrogens (tertiary/aromatic N) is 4. The Balaban J connectivity index is 1.30. The largest absolute Gasteiger partial charge is 0.456 e. The first-order valence-electron chi connectivity index (χ1n) is 21.0. The van der Waals surface area contributed by atoms with Crippen LogP contribution < -0.4 is 4.90 Å². The summed E-state index contributed by atoms with van der Waals surface area (Å²) in [5, 5.41) is 1.20. The molecule has 2 aromatic heterocycles. The van der Waals surface area contributed by atoms with Gasteiger partial charge in [0.05, 0.1) is 15.3 Å². The second kappa shape index (κ2) is 13.3. The predicted octanol–water partition coefficient (Wildman–Crippen LogP) is 13.1. The molecule has 54 heavy (non-hydrogen) atoms. The summed E-state index contributed by atoms with van der Waals surface area (Å²) in [6.45, 7) is 0. The van der Waals surface area contributed by atoms with Gasteiger partial charge in [0.2, 0.25) is 0 Å². The first-order valence-corrected chi connectivity index (χ1v) is 17.5. The lowest BCUT2D eigenvalue weighted by Crippen LogP contribution is -2.10. The molecule has 0 aliphatic carbocycles. The van der Waals surface area contributed by atoms with Gasteiger partial charge in [0, 0.05) is 44.9 Å². The summed E-state index contributed by atoms with van der Waals surface area (Å²) < 4.78 is 69.3. The van der Waals surface area contributed by atoms with Gasteiger partial charge in [-0.15, -0.1) is 0 Å². The maximum absolute atomic E-state index is 9.65. The quantitative estimate of drug-likeness (QED) is 0.166. The molecule has 0 atom stereocenters. The fourth-order valence-electron chi connectivity index (χ4n) is 6.80. The molecule has 0 N–H and O–H groups in total. The lowest BCUT2D eigenvalue weighted by Gasteiger charge is -2.26.